The van der Waals surface area contributed by atoms with Gasteiger partial charge in [0, 0.05) is 19.1 Å². The van der Waals surface area contributed by atoms with Crippen molar-refractivity contribution in [3.8, 4) is 0 Å². The second kappa shape index (κ2) is 6.58. The molecular formula is C13H26N2O. The molecule has 2 fully saturated rings. The van der Waals surface area contributed by atoms with Crippen LogP contribution in [0.3, 0.4) is 0 Å². The summed E-state index contributed by atoms with van der Waals surface area (Å²) >= 11 is 0. The van der Waals surface area contributed by atoms with E-state index < -0.39 is 0 Å². The number of hydrogen-bond donors (Lipinski definition) is 1. The van der Waals surface area contributed by atoms with Crippen LogP contribution in [0.1, 0.15) is 39.0 Å². The predicted octanol–water partition coefficient (Wildman–Crippen LogP) is 1.63. The number of hydrogen-bond acceptors (Lipinski definition) is 3. The van der Waals surface area contributed by atoms with Crippen LogP contribution in [-0.2, 0) is 4.74 Å². The van der Waals surface area contributed by atoms with Crippen molar-refractivity contribution in [3.63, 3.8) is 0 Å². The van der Waals surface area contributed by atoms with E-state index in [0.717, 1.165) is 32.2 Å². The second-order valence-corrected chi connectivity index (χ2v) is 5.14. The van der Waals surface area contributed by atoms with Crippen molar-refractivity contribution in [2.45, 2.75) is 51.2 Å². The Kier molecular flexibility index (Phi) is 5.07. The molecule has 1 aliphatic carbocycles. The lowest BCUT2D eigenvalue weighted by molar-refractivity contribution is -0.0299. The van der Waals surface area contributed by atoms with Gasteiger partial charge >= 0.3 is 0 Å². The van der Waals surface area contributed by atoms with Crippen molar-refractivity contribution in [2.24, 2.45) is 0 Å². The van der Waals surface area contributed by atoms with Gasteiger partial charge in [-0.05, 0) is 45.2 Å². The van der Waals surface area contributed by atoms with Gasteiger partial charge in [-0.3, -0.25) is 4.90 Å². The van der Waals surface area contributed by atoms with Crippen LogP contribution in [0.2, 0.25) is 0 Å². The summed E-state index contributed by atoms with van der Waals surface area (Å²) in [5, 5.41) is 3.57. The standard InChI is InChI=1S/C13H26N2O/c1-2-13-11-15(9-10-16-13)8-4-3-7-14-12-5-6-12/h12-14H,2-11H2,1H3. The topological polar surface area (TPSA) is 24.5 Å². The Morgan fingerprint density at radius 2 is 2.19 bits per heavy atom. The summed E-state index contributed by atoms with van der Waals surface area (Å²) in [4.78, 5) is 2.56. The highest BCUT2D eigenvalue weighted by molar-refractivity contribution is 4.80. The normalized spacial score (nSPS) is 27.2. The zero-order valence-corrected chi connectivity index (χ0v) is 10.6. The van der Waals surface area contributed by atoms with Gasteiger partial charge in [-0.2, -0.15) is 0 Å². The van der Waals surface area contributed by atoms with E-state index in [2.05, 4.69) is 17.1 Å². The molecule has 1 atom stereocenters. The summed E-state index contributed by atoms with van der Waals surface area (Å²) in [5.41, 5.74) is 0. The lowest BCUT2D eigenvalue weighted by atomic mass is 10.2. The minimum atomic E-state index is 0.485. The van der Waals surface area contributed by atoms with Crippen LogP contribution < -0.4 is 5.32 Å². The zero-order valence-electron chi connectivity index (χ0n) is 10.6. The lowest BCUT2D eigenvalue weighted by Crippen LogP contribution is -2.42. The average molecular weight is 226 g/mol. The van der Waals surface area contributed by atoms with E-state index in [1.54, 1.807) is 0 Å². The Balaban J connectivity index is 1.47. The Morgan fingerprint density at radius 3 is 2.94 bits per heavy atom. The van der Waals surface area contributed by atoms with Crippen LogP contribution in [0.15, 0.2) is 0 Å². The van der Waals surface area contributed by atoms with E-state index in [0.29, 0.717) is 6.10 Å². The van der Waals surface area contributed by atoms with E-state index in [1.165, 1.54) is 38.8 Å². The third kappa shape index (κ3) is 4.40. The molecule has 1 heterocycles. The maximum Gasteiger partial charge on any atom is 0.0700 e. The molecule has 3 heteroatoms. The molecule has 0 radical (unpaired) electrons. The maximum atomic E-state index is 5.67. The zero-order chi connectivity index (χ0) is 11.2. The molecular weight excluding hydrogens is 200 g/mol. The highest BCUT2D eigenvalue weighted by Crippen LogP contribution is 2.18. The first kappa shape index (κ1) is 12.3. The quantitative estimate of drug-likeness (QED) is 0.668. The first-order valence-electron chi connectivity index (χ1n) is 6.96. The largest absolute Gasteiger partial charge is 0.376 e. The minimum absolute atomic E-state index is 0.485. The summed E-state index contributed by atoms with van der Waals surface area (Å²) in [5.74, 6) is 0. The highest BCUT2D eigenvalue weighted by atomic mass is 16.5. The molecule has 16 heavy (non-hydrogen) atoms. The van der Waals surface area contributed by atoms with Crippen molar-refractivity contribution in [3.05, 3.63) is 0 Å². The van der Waals surface area contributed by atoms with Gasteiger partial charge < -0.3 is 10.1 Å². The summed E-state index contributed by atoms with van der Waals surface area (Å²) in [6.45, 7) is 7.89. The van der Waals surface area contributed by atoms with Crippen molar-refractivity contribution < 1.29 is 4.74 Å². The van der Waals surface area contributed by atoms with Gasteiger partial charge in [0.15, 0.2) is 0 Å². The molecule has 0 aromatic rings. The summed E-state index contributed by atoms with van der Waals surface area (Å²) in [6, 6.07) is 0.868. The number of ether oxygens (including phenoxy) is 1. The molecule has 2 rings (SSSR count). The van der Waals surface area contributed by atoms with Crippen molar-refractivity contribution >= 4 is 0 Å². The van der Waals surface area contributed by atoms with Crippen molar-refractivity contribution in [1.29, 1.82) is 0 Å². The summed E-state index contributed by atoms with van der Waals surface area (Å²) < 4.78 is 5.67. The molecule has 0 bridgehead atoms. The van der Waals surface area contributed by atoms with E-state index in [4.69, 9.17) is 4.74 Å². The van der Waals surface area contributed by atoms with Gasteiger partial charge in [0.1, 0.15) is 0 Å². The molecule has 0 aromatic heterocycles. The summed E-state index contributed by atoms with van der Waals surface area (Å²) in [6.07, 6.45) is 7.10. The molecule has 94 valence electrons. The monoisotopic (exact) mass is 226 g/mol. The number of unbranched alkanes of at least 4 members (excludes halogenated alkanes) is 1. The van der Waals surface area contributed by atoms with E-state index in [-0.39, 0.29) is 0 Å². The Morgan fingerprint density at radius 1 is 1.31 bits per heavy atom. The third-order valence-electron chi connectivity index (χ3n) is 3.59. The Hall–Kier alpha value is -0.120. The van der Waals surface area contributed by atoms with Crippen LogP contribution in [0.4, 0.5) is 0 Å². The number of rotatable bonds is 7. The van der Waals surface area contributed by atoms with Gasteiger partial charge in [0.2, 0.25) is 0 Å². The van der Waals surface area contributed by atoms with Crippen LogP contribution in [0, 0.1) is 0 Å². The lowest BCUT2D eigenvalue weighted by Gasteiger charge is -2.32. The molecule has 0 amide bonds. The molecule has 1 N–H and O–H groups in total. The molecule has 3 nitrogen and oxygen atoms in total. The third-order valence-corrected chi connectivity index (χ3v) is 3.59. The van der Waals surface area contributed by atoms with Crippen LogP contribution >= 0.6 is 0 Å². The molecule has 1 saturated carbocycles. The fourth-order valence-electron chi connectivity index (χ4n) is 2.28. The molecule has 1 unspecified atom stereocenters. The molecule has 0 aromatic carbocycles. The predicted molar refractivity (Wildman–Crippen MR) is 66.7 cm³/mol. The van der Waals surface area contributed by atoms with Gasteiger partial charge in [-0.15, -0.1) is 0 Å². The van der Waals surface area contributed by atoms with Crippen LogP contribution in [-0.4, -0.2) is 49.8 Å². The average Bonchev–Trinajstić information content (AvgIpc) is 3.13. The Bertz CT molecular complexity index is 194. The fraction of sp³-hybridized carbons (Fsp3) is 1.00. The molecule has 1 saturated heterocycles. The maximum absolute atomic E-state index is 5.67. The van der Waals surface area contributed by atoms with Crippen molar-refractivity contribution in [2.75, 3.05) is 32.8 Å². The fourth-order valence-corrected chi connectivity index (χ4v) is 2.28. The smallest absolute Gasteiger partial charge is 0.0700 e. The Labute approximate surface area is 99.5 Å². The van der Waals surface area contributed by atoms with E-state index in [9.17, 15) is 0 Å². The molecule has 0 spiro atoms. The SMILES string of the molecule is CCC1CN(CCCCNC2CC2)CCO1. The first-order chi connectivity index (χ1) is 7.88. The van der Waals surface area contributed by atoms with Crippen LogP contribution in [0.5, 0.6) is 0 Å². The van der Waals surface area contributed by atoms with Gasteiger partial charge in [0.05, 0.1) is 12.7 Å². The second-order valence-electron chi connectivity index (χ2n) is 5.14. The van der Waals surface area contributed by atoms with Crippen molar-refractivity contribution in [1.82, 2.24) is 10.2 Å². The number of morpholine rings is 1. The van der Waals surface area contributed by atoms with E-state index in [1.807, 2.05) is 0 Å². The molecule has 2 aliphatic rings. The number of nitrogens with one attached hydrogen (secondary N) is 1. The summed E-state index contributed by atoms with van der Waals surface area (Å²) in [7, 11) is 0. The van der Waals surface area contributed by atoms with Gasteiger partial charge in [0.25, 0.3) is 0 Å². The highest BCUT2D eigenvalue weighted by Gasteiger charge is 2.20. The van der Waals surface area contributed by atoms with Gasteiger partial charge in [-0.1, -0.05) is 6.92 Å². The first-order valence-corrected chi connectivity index (χ1v) is 6.96. The van der Waals surface area contributed by atoms with Crippen LogP contribution in [0.25, 0.3) is 0 Å². The number of nitrogens with zero attached hydrogens (tertiary/aromatic N) is 1. The molecule has 1 aliphatic heterocycles. The van der Waals surface area contributed by atoms with E-state index >= 15 is 0 Å². The van der Waals surface area contributed by atoms with Gasteiger partial charge in [-0.25, -0.2) is 0 Å². The minimum Gasteiger partial charge on any atom is -0.376 e.